The van der Waals surface area contributed by atoms with Gasteiger partial charge in [-0.3, -0.25) is 4.79 Å². The minimum absolute atomic E-state index is 0.207. The summed E-state index contributed by atoms with van der Waals surface area (Å²) in [5.74, 6) is -0.248. The smallest absolute Gasteiger partial charge is 0.274 e. The molecule has 0 aromatic carbocycles. The van der Waals surface area contributed by atoms with Crippen molar-refractivity contribution in [2.24, 2.45) is 0 Å². The van der Waals surface area contributed by atoms with Gasteiger partial charge in [-0.2, -0.15) is 0 Å². The molecular weight excluding hydrogens is 286 g/mol. The molecule has 1 amide bonds. The number of carbonyl (C=O) groups excluding carboxylic acids is 1. The summed E-state index contributed by atoms with van der Waals surface area (Å²) in [6, 6.07) is 0. The van der Waals surface area contributed by atoms with E-state index in [1.807, 2.05) is 6.26 Å². The number of halogens is 1. The first-order valence-electron chi connectivity index (χ1n) is 6.01. The fourth-order valence-electron chi connectivity index (χ4n) is 2.14. The SMILES string of the molecule is CSc1ncc(Cl)c(C(=O)N2CCCC(C)(O)C2)n1. The number of β-amino-alcohol motifs (C(OH)–C–C–N with tert-alkyl or cyclic N) is 1. The average molecular weight is 302 g/mol. The molecule has 0 saturated carbocycles. The standard InChI is InChI=1S/C12H16ClN3O2S/c1-12(18)4-3-5-16(7-12)10(17)9-8(13)6-14-11(15-9)19-2/h6,18H,3-5,7H2,1-2H3. The second kappa shape index (κ2) is 5.64. The molecule has 0 spiro atoms. The van der Waals surface area contributed by atoms with Crippen LogP contribution in [0.5, 0.6) is 0 Å². The van der Waals surface area contributed by atoms with Crippen LogP contribution in [0.4, 0.5) is 0 Å². The van der Waals surface area contributed by atoms with Gasteiger partial charge in [0.25, 0.3) is 5.91 Å². The molecule has 1 unspecified atom stereocenters. The molecule has 19 heavy (non-hydrogen) atoms. The van der Waals surface area contributed by atoms with Crippen LogP contribution in [-0.2, 0) is 0 Å². The van der Waals surface area contributed by atoms with Gasteiger partial charge in [0.1, 0.15) is 0 Å². The van der Waals surface area contributed by atoms with Crippen LogP contribution in [0.15, 0.2) is 11.4 Å². The Morgan fingerprint density at radius 2 is 2.37 bits per heavy atom. The van der Waals surface area contributed by atoms with Crippen molar-refractivity contribution in [2.45, 2.75) is 30.5 Å². The second-order valence-corrected chi connectivity index (χ2v) is 6.06. The Labute approximate surface area is 121 Å². The average Bonchev–Trinajstić information content (AvgIpc) is 2.37. The largest absolute Gasteiger partial charge is 0.388 e. The third kappa shape index (κ3) is 3.38. The zero-order valence-corrected chi connectivity index (χ0v) is 12.5. The Bertz CT molecular complexity index is 496. The van der Waals surface area contributed by atoms with Crippen molar-refractivity contribution in [2.75, 3.05) is 19.3 Å². The summed E-state index contributed by atoms with van der Waals surface area (Å²) in [7, 11) is 0. The summed E-state index contributed by atoms with van der Waals surface area (Å²) in [5.41, 5.74) is -0.630. The third-order valence-electron chi connectivity index (χ3n) is 3.07. The van der Waals surface area contributed by atoms with Gasteiger partial charge < -0.3 is 10.0 Å². The highest BCUT2D eigenvalue weighted by atomic mass is 35.5. The van der Waals surface area contributed by atoms with Gasteiger partial charge in [0.15, 0.2) is 10.9 Å². The first-order chi connectivity index (χ1) is 8.93. The summed E-state index contributed by atoms with van der Waals surface area (Å²) in [4.78, 5) is 22.2. The lowest BCUT2D eigenvalue weighted by Gasteiger charge is -2.36. The summed E-state index contributed by atoms with van der Waals surface area (Å²) in [6.45, 7) is 2.66. The number of piperidine rings is 1. The molecule has 0 aliphatic carbocycles. The van der Waals surface area contributed by atoms with E-state index >= 15 is 0 Å². The number of aromatic nitrogens is 2. The lowest BCUT2D eigenvalue weighted by molar-refractivity contribution is -0.0109. The van der Waals surface area contributed by atoms with E-state index in [0.29, 0.717) is 24.7 Å². The molecule has 1 fully saturated rings. The third-order valence-corrected chi connectivity index (χ3v) is 3.91. The van der Waals surface area contributed by atoms with Gasteiger partial charge in [-0.05, 0) is 26.0 Å². The Morgan fingerprint density at radius 3 is 3.00 bits per heavy atom. The molecule has 1 N–H and O–H groups in total. The Kier molecular flexibility index (Phi) is 4.32. The van der Waals surface area contributed by atoms with Gasteiger partial charge in [0.2, 0.25) is 0 Å². The van der Waals surface area contributed by atoms with Crippen LogP contribution in [-0.4, -0.2) is 50.8 Å². The fourth-order valence-corrected chi connectivity index (χ4v) is 2.66. The van der Waals surface area contributed by atoms with Crippen molar-refractivity contribution < 1.29 is 9.90 Å². The monoisotopic (exact) mass is 301 g/mol. The summed E-state index contributed by atoms with van der Waals surface area (Å²) < 4.78 is 0. The molecule has 1 atom stereocenters. The topological polar surface area (TPSA) is 66.3 Å². The van der Waals surface area contributed by atoms with E-state index in [2.05, 4.69) is 9.97 Å². The van der Waals surface area contributed by atoms with Gasteiger partial charge in [-0.1, -0.05) is 23.4 Å². The molecule has 104 valence electrons. The second-order valence-electron chi connectivity index (χ2n) is 4.88. The lowest BCUT2D eigenvalue weighted by Crippen LogP contribution is -2.48. The van der Waals surface area contributed by atoms with Crippen molar-refractivity contribution in [3.05, 3.63) is 16.9 Å². The number of hydrogen-bond acceptors (Lipinski definition) is 5. The van der Waals surface area contributed by atoms with E-state index in [9.17, 15) is 9.90 Å². The van der Waals surface area contributed by atoms with Crippen molar-refractivity contribution >= 4 is 29.3 Å². The molecule has 0 radical (unpaired) electrons. The van der Waals surface area contributed by atoms with Crippen LogP contribution in [0, 0.1) is 0 Å². The van der Waals surface area contributed by atoms with E-state index in [4.69, 9.17) is 11.6 Å². The molecule has 2 heterocycles. The quantitative estimate of drug-likeness (QED) is 0.667. The van der Waals surface area contributed by atoms with Crippen molar-refractivity contribution in [1.82, 2.24) is 14.9 Å². The molecular formula is C12H16ClN3O2S. The molecule has 1 aromatic heterocycles. The van der Waals surface area contributed by atoms with Gasteiger partial charge in [-0.15, -0.1) is 0 Å². The van der Waals surface area contributed by atoms with E-state index < -0.39 is 5.60 Å². The first-order valence-corrected chi connectivity index (χ1v) is 7.61. The Morgan fingerprint density at radius 1 is 1.63 bits per heavy atom. The number of hydrogen-bond donors (Lipinski definition) is 1. The van der Waals surface area contributed by atoms with Gasteiger partial charge in [-0.25, -0.2) is 9.97 Å². The van der Waals surface area contributed by atoms with Gasteiger partial charge in [0.05, 0.1) is 16.8 Å². The van der Waals surface area contributed by atoms with Crippen molar-refractivity contribution in [3.8, 4) is 0 Å². The Balaban J connectivity index is 2.24. The van der Waals surface area contributed by atoms with Crippen LogP contribution >= 0.6 is 23.4 Å². The normalized spacial score (nSPS) is 23.5. The maximum Gasteiger partial charge on any atom is 0.274 e. The zero-order chi connectivity index (χ0) is 14.0. The van der Waals surface area contributed by atoms with E-state index in [0.717, 1.165) is 6.42 Å². The van der Waals surface area contributed by atoms with Crippen molar-refractivity contribution in [3.63, 3.8) is 0 Å². The van der Waals surface area contributed by atoms with Crippen molar-refractivity contribution in [1.29, 1.82) is 0 Å². The van der Waals surface area contributed by atoms with E-state index in [1.165, 1.54) is 18.0 Å². The molecule has 1 saturated heterocycles. The van der Waals surface area contributed by atoms with Crippen LogP contribution < -0.4 is 0 Å². The van der Waals surface area contributed by atoms with Gasteiger partial charge >= 0.3 is 0 Å². The summed E-state index contributed by atoms with van der Waals surface area (Å²) >= 11 is 7.35. The molecule has 7 heteroatoms. The van der Waals surface area contributed by atoms with Gasteiger partial charge in [0, 0.05) is 13.1 Å². The first kappa shape index (κ1) is 14.6. The number of likely N-dealkylation sites (tertiary alicyclic amines) is 1. The van der Waals surface area contributed by atoms with Crippen LogP contribution in [0.2, 0.25) is 5.02 Å². The van der Waals surface area contributed by atoms with E-state index in [1.54, 1.807) is 11.8 Å². The molecule has 5 nitrogen and oxygen atoms in total. The zero-order valence-electron chi connectivity index (χ0n) is 10.9. The maximum atomic E-state index is 12.4. The van der Waals surface area contributed by atoms with Crippen LogP contribution in [0.25, 0.3) is 0 Å². The number of thioether (sulfide) groups is 1. The maximum absolute atomic E-state index is 12.4. The Hall–Kier alpha value is -0.850. The van der Waals surface area contributed by atoms with Crippen LogP contribution in [0.1, 0.15) is 30.3 Å². The molecule has 1 aromatic rings. The minimum Gasteiger partial charge on any atom is -0.388 e. The minimum atomic E-state index is -0.838. The lowest BCUT2D eigenvalue weighted by atomic mass is 9.95. The highest BCUT2D eigenvalue weighted by molar-refractivity contribution is 7.98. The summed E-state index contributed by atoms with van der Waals surface area (Å²) in [6.07, 6.45) is 4.75. The van der Waals surface area contributed by atoms with E-state index in [-0.39, 0.29) is 16.6 Å². The number of rotatable bonds is 2. The molecule has 2 rings (SSSR count). The number of amides is 1. The highest BCUT2D eigenvalue weighted by Gasteiger charge is 2.32. The predicted octanol–water partition coefficient (Wildman–Crippen LogP) is 1.84. The molecule has 1 aliphatic heterocycles. The van der Waals surface area contributed by atoms with Crippen LogP contribution in [0.3, 0.4) is 0 Å². The fraction of sp³-hybridized carbons (Fsp3) is 0.583. The number of aliphatic hydroxyl groups is 1. The molecule has 0 bridgehead atoms. The molecule has 1 aliphatic rings. The highest BCUT2D eigenvalue weighted by Crippen LogP contribution is 2.24. The summed E-state index contributed by atoms with van der Waals surface area (Å²) in [5, 5.41) is 10.8. The number of carbonyl (C=O) groups is 1. The predicted molar refractivity (Wildman–Crippen MR) is 74.6 cm³/mol. The number of nitrogens with zero attached hydrogens (tertiary/aromatic N) is 3.